The van der Waals surface area contributed by atoms with Gasteiger partial charge >= 0.3 is 5.76 Å². The van der Waals surface area contributed by atoms with E-state index in [9.17, 15) is 9.59 Å². The molecule has 0 aliphatic carbocycles. The molecule has 2 aromatic rings. The van der Waals surface area contributed by atoms with Gasteiger partial charge in [-0.25, -0.2) is 9.36 Å². The van der Waals surface area contributed by atoms with Gasteiger partial charge in [-0.15, -0.1) is 11.3 Å². The van der Waals surface area contributed by atoms with E-state index in [1.807, 2.05) is 45.2 Å². The van der Waals surface area contributed by atoms with E-state index < -0.39 is 5.76 Å². The fourth-order valence-electron chi connectivity index (χ4n) is 2.38. The second-order valence-electron chi connectivity index (χ2n) is 5.32. The zero-order valence-electron chi connectivity index (χ0n) is 12.6. The molecule has 0 aliphatic heterocycles. The monoisotopic (exact) mass is 309 g/mol. The first kappa shape index (κ1) is 15.5. The van der Waals surface area contributed by atoms with Crippen molar-refractivity contribution >= 4 is 17.2 Å². The number of aromatic nitrogens is 2. The first-order chi connectivity index (χ1) is 9.91. The maximum absolute atomic E-state index is 12.5. The molecule has 1 amide bonds. The molecule has 0 aliphatic rings. The Morgan fingerprint density at radius 1 is 1.38 bits per heavy atom. The molecule has 6 nitrogen and oxygen atoms in total. The maximum atomic E-state index is 12.5. The molecule has 2 heterocycles. The third-order valence-corrected chi connectivity index (χ3v) is 3.99. The molecule has 0 bridgehead atoms. The summed E-state index contributed by atoms with van der Waals surface area (Å²) in [7, 11) is 0. The van der Waals surface area contributed by atoms with Crippen molar-refractivity contribution in [3.63, 3.8) is 0 Å². The van der Waals surface area contributed by atoms with Gasteiger partial charge in [-0.2, -0.15) is 0 Å². The van der Waals surface area contributed by atoms with E-state index in [-0.39, 0.29) is 24.5 Å². The van der Waals surface area contributed by atoms with Gasteiger partial charge in [0, 0.05) is 12.1 Å². The molecule has 0 atom stereocenters. The molecule has 2 rings (SSSR count). The van der Waals surface area contributed by atoms with E-state index >= 15 is 0 Å². The Labute approximate surface area is 127 Å². The van der Waals surface area contributed by atoms with Crippen LogP contribution in [0.5, 0.6) is 0 Å². The van der Waals surface area contributed by atoms with Gasteiger partial charge in [-0.1, -0.05) is 11.2 Å². The number of amides is 1. The Hall–Kier alpha value is -1.89. The van der Waals surface area contributed by atoms with Crippen LogP contribution in [0.1, 0.15) is 27.7 Å². The van der Waals surface area contributed by atoms with E-state index in [0.29, 0.717) is 5.82 Å². The number of thiophene rings is 1. The third-order valence-electron chi connectivity index (χ3n) is 3.12. The summed E-state index contributed by atoms with van der Waals surface area (Å²) in [6, 6.07) is 3.84. The molecule has 114 valence electrons. The molecule has 0 fully saturated rings. The zero-order valence-corrected chi connectivity index (χ0v) is 13.4. The lowest BCUT2D eigenvalue weighted by atomic mass is 10.2. The molecule has 0 saturated carbocycles. The SMILES string of the molecule is CC(C)N(C(=O)Cn1c(-c2cccs2)noc1=O)C(C)C. The molecule has 7 heteroatoms. The predicted octanol–water partition coefficient (Wildman–Crippen LogP) is 2.21. The van der Waals surface area contributed by atoms with Crippen LogP contribution in [0.15, 0.2) is 26.8 Å². The average molecular weight is 309 g/mol. The Balaban J connectivity index is 2.30. The lowest BCUT2D eigenvalue weighted by Gasteiger charge is -2.30. The highest BCUT2D eigenvalue weighted by Crippen LogP contribution is 2.21. The van der Waals surface area contributed by atoms with Gasteiger partial charge in [-0.3, -0.25) is 9.32 Å². The van der Waals surface area contributed by atoms with Gasteiger partial charge in [0.1, 0.15) is 6.54 Å². The summed E-state index contributed by atoms with van der Waals surface area (Å²) in [4.78, 5) is 26.8. The number of carbonyl (C=O) groups is 1. The van der Waals surface area contributed by atoms with Crippen molar-refractivity contribution in [2.45, 2.75) is 46.3 Å². The minimum atomic E-state index is -0.612. The second-order valence-corrected chi connectivity index (χ2v) is 6.27. The summed E-state index contributed by atoms with van der Waals surface area (Å²) in [6.45, 7) is 7.75. The molecule has 21 heavy (non-hydrogen) atoms. The van der Waals surface area contributed by atoms with E-state index in [0.717, 1.165) is 4.88 Å². The molecule has 0 N–H and O–H groups in total. The summed E-state index contributed by atoms with van der Waals surface area (Å²) in [5.41, 5.74) is 0. The van der Waals surface area contributed by atoms with Gasteiger partial charge in [0.2, 0.25) is 5.91 Å². The lowest BCUT2D eigenvalue weighted by molar-refractivity contribution is -0.135. The molecule has 0 radical (unpaired) electrons. The number of rotatable bonds is 5. The third kappa shape index (κ3) is 3.24. The minimum absolute atomic E-state index is 0.0636. The Morgan fingerprint density at radius 3 is 2.57 bits per heavy atom. The van der Waals surface area contributed by atoms with Gasteiger partial charge in [0.15, 0.2) is 5.82 Å². The van der Waals surface area contributed by atoms with Gasteiger partial charge in [0.25, 0.3) is 0 Å². The van der Waals surface area contributed by atoms with Gasteiger partial charge in [-0.05, 0) is 39.1 Å². The molecular weight excluding hydrogens is 290 g/mol. The van der Waals surface area contributed by atoms with Crippen molar-refractivity contribution in [1.82, 2.24) is 14.6 Å². The average Bonchev–Trinajstić information content (AvgIpc) is 2.99. The standard InChI is InChI=1S/C14H19N3O3S/c1-9(2)17(10(3)4)12(18)8-16-13(15-20-14(16)19)11-6-5-7-21-11/h5-7,9-10H,8H2,1-4H3. The van der Waals surface area contributed by atoms with Crippen LogP contribution in [0.3, 0.4) is 0 Å². The van der Waals surface area contributed by atoms with E-state index in [4.69, 9.17) is 4.52 Å². The number of hydrogen-bond acceptors (Lipinski definition) is 5. The maximum Gasteiger partial charge on any atom is 0.442 e. The molecule has 0 spiro atoms. The van der Waals surface area contributed by atoms with E-state index in [2.05, 4.69) is 5.16 Å². The van der Waals surface area contributed by atoms with Crippen molar-refractivity contribution in [1.29, 1.82) is 0 Å². The number of nitrogens with zero attached hydrogens (tertiary/aromatic N) is 3. The summed E-state index contributed by atoms with van der Waals surface area (Å²) in [6.07, 6.45) is 0. The second kappa shape index (κ2) is 6.26. The van der Waals surface area contributed by atoms with Gasteiger partial charge in [0.05, 0.1) is 4.88 Å². The van der Waals surface area contributed by atoms with Crippen LogP contribution < -0.4 is 5.76 Å². The molecular formula is C14H19N3O3S. The van der Waals surface area contributed by atoms with Crippen LogP contribution in [-0.2, 0) is 11.3 Å². The zero-order chi connectivity index (χ0) is 15.6. The lowest BCUT2D eigenvalue weighted by Crippen LogP contribution is -2.44. The van der Waals surface area contributed by atoms with Crippen LogP contribution in [0.4, 0.5) is 0 Å². The first-order valence-corrected chi connectivity index (χ1v) is 7.71. The highest BCUT2D eigenvalue weighted by atomic mass is 32.1. The van der Waals surface area contributed by atoms with Crippen molar-refractivity contribution in [3.05, 3.63) is 28.1 Å². The number of hydrogen-bond donors (Lipinski definition) is 0. The summed E-state index contributed by atoms with van der Waals surface area (Å²) < 4.78 is 6.00. The quantitative estimate of drug-likeness (QED) is 0.849. The Kier molecular flexibility index (Phi) is 4.62. The minimum Gasteiger partial charge on any atom is -0.336 e. The van der Waals surface area contributed by atoms with Crippen LogP contribution in [0.25, 0.3) is 10.7 Å². The summed E-state index contributed by atoms with van der Waals surface area (Å²) >= 11 is 1.44. The fourth-order valence-corrected chi connectivity index (χ4v) is 3.09. The van der Waals surface area contributed by atoms with Crippen molar-refractivity contribution < 1.29 is 9.32 Å². The van der Waals surface area contributed by atoms with Crippen molar-refractivity contribution in [2.75, 3.05) is 0 Å². The first-order valence-electron chi connectivity index (χ1n) is 6.83. The van der Waals surface area contributed by atoms with Crippen LogP contribution >= 0.6 is 11.3 Å². The highest BCUT2D eigenvalue weighted by Gasteiger charge is 2.23. The van der Waals surface area contributed by atoms with Crippen LogP contribution in [-0.4, -0.2) is 32.6 Å². The summed E-state index contributed by atoms with van der Waals surface area (Å²) in [5.74, 6) is -0.335. The molecule has 2 aromatic heterocycles. The van der Waals surface area contributed by atoms with E-state index in [1.165, 1.54) is 15.9 Å². The van der Waals surface area contributed by atoms with E-state index in [1.54, 1.807) is 4.90 Å². The normalized spacial score (nSPS) is 11.3. The van der Waals surface area contributed by atoms with Crippen LogP contribution in [0, 0.1) is 0 Å². The largest absolute Gasteiger partial charge is 0.442 e. The Morgan fingerprint density at radius 2 is 2.05 bits per heavy atom. The fraction of sp³-hybridized carbons (Fsp3) is 0.500. The predicted molar refractivity (Wildman–Crippen MR) is 81.2 cm³/mol. The molecule has 0 aromatic carbocycles. The Bertz CT molecular complexity index is 647. The van der Waals surface area contributed by atoms with Crippen molar-refractivity contribution in [3.8, 4) is 10.7 Å². The number of carbonyl (C=O) groups excluding carboxylic acids is 1. The molecule has 0 unspecified atom stereocenters. The molecule has 0 saturated heterocycles. The van der Waals surface area contributed by atoms with Crippen molar-refractivity contribution in [2.24, 2.45) is 0 Å². The highest BCUT2D eigenvalue weighted by molar-refractivity contribution is 7.13. The summed E-state index contributed by atoms with van der Waals surface area (Å²) in [5, 5.41) is 5.66. The van der Waals surface area contributed by atoms with Crippen LogP contribution in [0.2, 0.25) is 0 Å². The smallest absolute Gasteiger partial charge is 0.336 e. The van der Waals surface area contributed by atoms with Gasteiger partial charge < -0.3 is 4.90 Å². The topological polar surface area (TPSA) is 68.3 Å².